The van der Waals surface area contributed by atoms with Crippen molar-refractivity contribution >= 4 is 5.78 Å². The van der Waals surface area contributed by atoms with Crippen LogP contribution in [-0.2, 0) is 6.54 Å². The number of likely N-dealkylation sites (N-methyl/N-ethyl adjacent to an activating group) is 1. The Morgan fingerprint density at radius 3 is 3.26 bits per heavy atom. The van der Waals surface area contributed by atoms with Crippen LogP contribution in [-0.4, -0.2) is 50.7 Å². The van der Waals surface area contributed by atoms with Gasteiger partial charge in [-0.25, -0.2) is 9.97 Å². The summed E-state index contributed by atoms with van der Waals surface area (Å²) in [7, 11) is 2.08. The lowest BCUT2D eigenvalue weighted by atomic mass is 10.1. The Kier molecular flexibility index (Phi) is 3.31. The highest BCUT2D eigenvalue weighted by Gasteiger charge is 2.18. The summed E-state index contributed by atoms with van der Waals surface area (Å²) in [6.45, 7) is 2.77. The van der Waals surface area contributed by atoms with Gasteiger partial charge in [-0.1, -0.05) is 0 Å². The van der Waals surface area contributed by atoms with Crippen LogP contribution in [0, 0.1) is 0 Å². The Hall–Kier alpha value is -1.73. The first-order chi connectivity index (χ1) is 9.24. The number of nitrogens with zero attached hydrogens (tertiary/aromatic N) is 4. The van der Waals surface area contributed by atoms with Crippen LogP contribution in [0.4, 0.5) is 0 Å². The zero-order valence-electron chi connectivity index (χ0n) is 11.0. The molecular formula is C12H18N6O. The fourth-order valence-electron chi connectivity index (χ4n) is 2.54. The number of hydrogen-bond donors (Lipinski definition) is 2. The smallest absolute Gasteiger partial charge is 0.274 e. The lowest BCUT2D eigenvalue weighted by molar-refractivity contribution is 0.194. The summed E-state index contributed by atoms with van der Waals surface area (Å²) < 4.78 is 1.34. The average molecular weight is 262 g/mol. The molecule has 0 aliphatic carbocycles. The molecule has 2 aromatic heterocycles. The van der Waals surface area contributed by atoms with Gasteiger partial charge in [0.15, 0.2) is 0 Å². The molecule has 1 fully saturated rings. The number of rotatable bonds is 3. The Balaban J connectivity index is 1.78. The molecule has 102 valence electrons. The van der Waals surface area contributed by atoms with Gasteiger partial charge in [-0.3, -0.25) is 14.8 Å². The van der Waals surface area contributed by atoms with E-state index in [2.05, 4.69) is 32.3 Å². The topological polar surface area (TPSA) is 78.3 Å². The molecule has 0 radical (unpaired) electrons. The molecule has 1 unspecified atom stereocenters. The highest BCUT2D eigenvalue weighted by Crippen LogP contribution is 2.10. The Morgan fingerprint density at radius 2 is 2.47 bits per heavy atom. The van der Waals surface area contributed by atoms with Gasteiger partial charge < -0.3 is 5.32 Å². The van der Waals surface area contributed by atoms with E-state index in [9.17, 15) is 4.79 Å². The third kappa shape index (κ3) is 2.52. The number of piperidine rings is 1. The van der Waals surface area contributed by atoms with Crippen molar-refractivity contribution in [2.75, 3.05) is 20.1 Å². The van der Waals surface area contributed by atoms with Gasteiger partial charge >= 0.3 is 0 Å². The van der Waals surface area contributed by atoms with Crippen LogP contribution < -0.4 is 10.9 Å². The third-order valence-electron chi connectivity index (χ3n) is 3.63. The van der Waals surface area contributed by atoms with Gasteiger partial charge in [0.05, 0.1) is 5.69 Å². The second-order valence-electron chi connectivity index (χ2n) is 5.02. The predicted molar refractivity (Wildman–Crippen MR) is 71.0 cm³/mol. The molecule has 1 aliphatic heterocycles. The molecule has 3 heterocycles. The molecule has 0 aromatic carbocycles. The Bertz CT molecular complexity index is 612. The van der Waals surface area contributed by atoms with Crippen molar-refractivity contribution in [2.24, 2.45) is 0 Å². The number of H-pyrrole nitrogens is 1. The molecule has 7 nitrogen and oxygen atoms in total. The lowest BCUT2D eigenvalue weighted by Gasteiger charge is -2.31. The molecule has 0 saturated carbocycles. The summed E-state index contributed by atoms with van der Waals surface area (Å²) in [4.78, 5) is 22.5. The Labute approximate surface area is 110 Å². The summed E-state index contributed by atoms with van der Waals surface area (Å²) in [6, 6.07) is 2.07. The van der Waals surface area contributed by atoms with Crippen molar-refractivity contribution in [3.05, 3.63) is 28.4 Å². The summed E-state index contributed by atoms with van der Waals surface area (Å²) in [5.41, 5.74) is 0.651. The zero-order valence-corrected chi connectivity index (χ0v) is 11.0. The Morgan fingerprint density at radius 1 is 1.58 bits per heavy atom. The van der Waals surface area contributed by atoms with Gasteiger partial charge in [-0.15, -0.1) is 0 Å². The van der Waals surface area contributed by atoms with E-state index in [-0.39, 0.29) is 5.56 Å². The van der Waals surface area contributed by atoms with E-state index in [1.807, 2.05) is 0 Å². The first-order valence-electron chi connectivity index (χ1n) is 6.57. The second kappa shape index (κ2) is 5.10. The summed E-state index contributed by atoms with van der Waals surface area (Å²) in [6.07, 6.45) is 3.86. The van der Waals surface area contributed by atoms with E-state index in [1.165, 1.54) is 23.7 Å². The molecule has 19 heavy (non-hydrogen) atoms. The van der Waals surface area contributed by atoms with E-state index in [4.69, 9.17) is 0 Å². The maximum atomic E-state index is 11.8. The number of hydrogen-bond acceptors (Lipinski definition) is 5. The minimum absolute atomic E-state index is 0.118. The van der Waals surface area contributed by atoms with Crippen molar-refractivity contribution in [1.82, 2.24) is 29.8 Å². The molecule has 3 rings (SSSR count). The largest absolute Gasteiger partial charge is 0.315 e. The van der Waals surface area contributed by atoms with Crippen LogP contribution in [0.1, 0.15) is 18.5 Å². The van der Waals surface area contributed by atoms with Crippen LogP contribution in [0.15, 0.2) is 17.2 Å². The highest BCUT2D eigenvalue weighted by atomic mass is 16.1. The van der Waals surface area contributed by atoms with E-state index >= 15 is 0 Å². The standard InChI is InChI=1S/C12H18N6O/c1-17(10-3-2-4-13-6-10)7-9-5-11(19)18-12(16-9)14-8-15-18/h5,8,10,13H,2-4,6-7H2,1H3,(H,14,15,16). The molecule has 0 spiro atoms. The van der Waals surface area contributed by atoms with Crippen LogP contribution >= 0.6 is 0 Å². The molecule has 7 heteroatoms. The summed E-state index contributed by atoms with van der Waals surface area (Å²) >= 11 is 0. The van der Waals surface area contributed by atoms with Crippen LogP contribution in [0.5, 0.6) is 0 Å². The van der Waals surface area contributed by atoms with Gasteiger partial charge in [0.1, 0.15) is 6.33 Å². The van der Waals surface area contributed by atoms with E-state index < -0.39 is 0 Å². The van der Waals surface area contributed by atoms with Crippen molar-refractivity contribution in [3.63, 3.8) is 0 Å². The molecule has 1 atom stereocenters. The van der Waals surface area contributed by atoms with Crippen molar-refractivity contribution < 1.29 is 0 Å². The molecule has 1 aliphatic rings. The number of aromatic amines is 1. The zero-order chi connectivity index (χ0) is 13.2. The van der Waals surface area contributed by atoms with Crippen LogP contribution in [0.2, 0.25) is 0 Å². The monoisotopic (exact) mass is 262 g/mol. The molecule has 2 N–H and O–H groups in total. The minimum Gasteiger partial charge on any atom is -0.315 e. The maximum Gasteiger partial charge on any atom is 0.274 e. The number of fused-ring (bicyclic) bond motifs is 1. The minimum atomic E-state index is -0.118. The first kappa shape index (κ1) is 12.3. The maximum absolute atomic E-state index is 11.8. The molecule has 1 saturated heterocycles. The van der Waals surface area contributed by atoms with Crippen LogP contribution in [0.25, 0.3) is 5.78 Å². The molecule has 2 aromatic rings. The van der Waals surface area contributed by atoms with Crippen molar-refractivity contribution in [3.8, 4) is 0 Å². The third-order valence-corrected chi connectivity index (χ3v) is 3.63. The second-order valence-corrected chi connectivity index (χ2v) is 5.02. The lowest BCUT2D eigenvalue weighted by Crippen LogP contribution is -2.43. The van der Waals surface area contributed by atoms with Gasteiger partial charge in [0.2, 0.25) is 0 Å². The van der Waals surface area contributed by atoms with Gasteiger partial charge in [0.25, 0.3) is 11.3 Å². The molecular weight excluding hydrogens is 244 g/mol. The predicted octanol–water partition coefficient (Wildman–Crippen LogP) is -0.399. The number of nitrogens with one attached hydrogen (secondary N) is 2. The van der Waals surface area contributed by atoms with Gasteiger partial charge in [-0.05, 0) is 26.4 Å². The summed E-state index contributed by atoms with van der Waals surface area (Å²) in [5.74, 6) is 0.428. The fourth-order valence-corrected chi connectivity index (χ4v) is 2.54. The van der Waals surface area contributed by atoms with E-state index in [0.717, 1.165) is 18.8 Å². The summed E-state index contributed by atoms with van der Waals surface area (Å²) in [5, 5.41) is 6.13. The van der Waals surface area contributed by atoms with E-state index in [1.54, 1.807) is 6.07 Å². The van der Waals surface area contributed by atoms with E-state index in [0.29, 0.717) is 18.4 Å². The normalized spacial score (nSPS) is 20.2. The highest BCUT2D eigenvalue weighted by molar-refractivity contribution is 5.25. The van der Waals surface area contributed by atoms with Gasteiger partial charge in [0, 0.05) is 25.2 Å². The quantitative estimate of drug-likeness (QED) is 0.787. The van der Waals surface area contributed by atoms with Crippen molar-refractivity contribution in [2.45, 2.75) is 25.4 Å². The van der Waals surface area contributed by atoms with Gasteiger partial charge in [-0.2, -0.15) is 4.52 Å². The average Bonchev–Trinajstić information content (AvgIpc) is 2.88. The SMILES string of the molecule is CN(Cc1cc(=O)n2[nH]cnc2n1)C1CCCNC1. The van der Waals surface area contributed by atoms with Crippen LogP contribution in [0.3, 0.4) is 0 Å². The fraction of sp³-hybridized carbons (Fsp3) is 0.583. The molecule has 0 amide bonds. The van der Waals surface area contributed by atoms with Crippen molar-refractivity contribution in [1.29, 1.82) is 0 Å². The number of aromatic nitrogens is 4. The molecule has 0 bridgehead atoms. The first-order valence-corrected chi connectivity index (χ1v) is 6.57.